The third-order valence-corrected chi connectivity index (χ3v) is 4.90. The van der Waals surface area contributed by atoms with E-state index >= 15 is 0 Å². The second kappa shape index (κ2) is 7.84. The van der Waals surface area contributed by atoms with Gasteiger partial charge in [0.05, 0.1) is 19.3 Å². The first-order valence-corrected chi connectivity index (χ1v) is 8.26. The summed E-state index contributed by atoms with van der Waals surface area (Å²) in [5.74, 6) is 1.84. The fourth-order valence-electron chi connectivity index (χ4n) is 3.07. The number of methoxy groups -OCH3 is 1. The number of nitrogens with one attached hydrogen (secondary N) is 2. The summed E-state index contributed by atoms with van der Waals surface area (Å²) >= 11 is 5.97. The Labute approximate surface area is 137 Å². The topological polar surface area (TPSA) is 50.4 Å². The summed E-state index contributed by atoms with van der Waals surface area (Å²) in [4.78, 5) is 12.2. The van der Waals surface area contributed by atoms with Gasteiger partial charge in [0, 0.05) is 11.1 Å². The fourth-order valence-corrected chi connectivity index (χ4v) is 3.24. The molecule has 1 saturated carbocycles. The molecule has 22 heavy (non-hydrogen) atoms. The monoisotopic (exact) mass is 324 g/mol. The normalized spacial score (nSPS) is 24.8. The van der Waals surface area contributed by atoms with Crippen LogP contribution in [0.1, 0.15) is 33.1 Å². The summed E-state index contributed by atoms with van der Waals surface area (Å²) in [6.07, 6.45) is 3.65. The van der Waals surface area contributed by atoms with Gasteiger partial charge >= 0.3 is 0 Å². The van der Waals surface area contributed by atoms with Crippen molar-refractivity contribution < 1.29 is 9.53 Å². The van der Waals surface area contributed by atoms with Crippen molar-refractivity contribution in [3.8, 4) is 5.75 Å². The van der Waals surface area contributed by atoms with Crippen molar-refractivity contribution >= 4 is 23.2 Å². The highest BCUT2D eigenvalue weighted by atomic mass is 35.5. The third-order valence-electron chi connectivity index (χ3n) is 4.67. The van der Waals surface area contributed by atoms with Gasteiger partial charge in [-0.25, -0.2) is 0 Å². The maximum absolute atomic E-state index is 12.2. The number of benzene rings is 1. The highest BCUT2D eigenvalue weighted by Crippen LogP contribution is 2.30. The molecule has 1 aromatic carbocycles. The van der Waals surface area contributed by atoms with Crippen LogP contribution >= 0.6 is 11.6 Å². The van der Waals surface area contributed by atoms with Gasteiger partial charge in [0.1, 0.15) is 5.75 Å². The van der Waals surface area contributed by atoms with E-state index in [2.05, 4.69) is 24.5 Å². The Morgan fingerprint density at radius 1 is 1.36 bits per heavy atom. The van der Waals surface area contributed by atoms with Crippen molar-refractivity contribution in [1.29, 1.82) is 0 Å². The van der Waals surface area contributed by atoms with Gasteiger partial charge < -0.3 is 15.4 Å². The molecule has 0 bridgehead atoms. The van der Waals surface area contributed by atoms with Crippen molar-refractivity contribution in [2.24, 2.45) is 11.8 Å². The highest BCUT2D eigenvalue weighted by molar-refractivity contribution is 6.31. The molecule has 0 radical (unpaired) electrons. The molecule has 0 aromatic heterocycles. The largest absolute Gasteiger partial charge is 0.495 e. The number of hydrogen-bond donors (Lipinski definition) is 2. The van der Waals surface area contributed by atoms with Crippen LogP contribution in [-0.4, -0.2) is 25.6 Å². The van der Waals surface area contributed by atoms with Crippen LogP contribution in [0.2, 0.25) is 5.02 Å². The summed E-state index contributed by atoms with van der Waals surface area (Å²) in [7, 11) is 1.57. The van der Waals surface area contributed by atoms with Crippen LogP contribution in [0.4, 0.5) is 5.69 Å². The minimum atomic E-state index is -0.0778. The molecule has 4 nitrogen and oxygen atoms in total. The van der Waals surface area contributed by atoms with Gasteiger partial charge in [-0.3, -0.25) is 4.79 Å². The zero-order chi connectivity index (χ0) is 16.1. The minimum absolute atomic E-state index is 0.0778. The lowest BCUT2D eigenvalue weighted by Gasteiger charge is -2.34. The third kappa shape index (κ3) is 4.37. The lowest BCUT2D eigenvalue weighted by molar-refractivity contribution is -0.115. The van der Waals surface area contributed by atoms with Crippen LogP contribution in [0.15, 0.2) is 18.2 Å². The number of carbonyl (C=O) groups excluding carboxylic acids is 1. The maximum atomic E-state index is 12.2. The number of amides is 1. The number of rotatable bonds is 5. The molecule has 3 atom stereocenters. The SMILES string of the molecule is COc1ccc(Cl)cc1NC(=O)CNC1CCCC(C)C1C. The molecule has 5 heteroatoms. The van der Waals surface area contributed by atoms with E-state index in [9.17, 15) is 4.79 Å². The van der Waals surface area contributed by atoms with Crippen LogP contribution in [0, 0.1) is 11.8 Å². The molecule has 2 rings (SSSR count). The Balaban J connectivity index is 1.89. The second-order valence-electron chi connectivity index (χ2n) is 6.15. The standard InChI is InChI=1S/C17H25ClN2O2/c1-11-5-4-6-14(12(11)2)19-10-17(21)20-15-9-13(18)7-8-16(15)22-3/h7-9,11-12,14,19H,4-6,10H2,1-3H3,(H,20,21). The van der Waals surface area contributed by atoms with Gasteiger partial charge in [-0.05, 0) is 36.5 Å². The van der Waals surface area contributed by atoms with E-state index < -0.39 is 0 Å². The van der Waals surface area contributed by atoms with Crippen LogP contribution in [0.25, 0.3) is 0 Å². The minimum Gasteiger partial charge on any atom is -0.495 e. The fraction of sp³-hybridized carbons (Fsp3) is 0.588. The Bertz CT molecular complexity index is 521. The predicted octanol–water partition coefficient (Wildman–Crippen LogP) is 3.70. The molecule has 0 aliphatic heterocycles. The highest BCUT2D eigenvalue weighted by Gasteiger charge is 2.26. The zero-order valence-electron chi connectivity index (χ0n) is 13.5. The maximum Gasteiger partial charge on any atom is 0.238 e. The van der Waals surface area contributed by atoms with Gasteiger partial charge in [-0.15, -0.1) is 0 Å². The molecule has 1 amide bonds. The van der Waals surface area contributed by atoms with Crippen molar-refractivity contribution in [3.05, 3.63) is 23.2 Å². The number of halogens is 1. The van der Waals surface area contributed by atoms with Crippen LogP contribution in [-0.2, 0) is 4.79 Å². The summed E-state index contributed by atoms with van der Waals surface area (Å²) in [5.41, 5.74) is 0.604. The van der Waals surface area contributed by atoms with Gasteiger partial charge in [0.15, 0.2) is 0 Å². The van der Waals surface area contributed by atoms with Gasteiger partial charge in [-0.2, -0.15) is 0 Å². The molecular weight excluding hydrogens is 300 g/mol. The van der Waals surface area contributed by atoms with E-state index in [0.717, 1.165) is 6.42 Å². The first kappa shape index (κ1) is 17.1. The lowest BCUT2D eigenvalue weighted by Crippen LogP contribution is -2.43. The van der Waals surface area contributed by atoms with Crippen molar-refractivity contribution in [2.75, 3.05) is 19.0 Å². The Morgan fingerprint density at radius 2 is 2.14 bits per heavy atom. The van der Waals surface area contributed by atoms with E-state index in [0.29, 0.717) is 40.9 Å². The Hall–Kier alpha value is -1.26. The molecule has 1 aliphatic rings. The molecular formula is C17H25ClN2O2. The lowest BCUT2D eigenvalue weighted by atomic mass is 9.78. The number of anilines is 1. The van der Waals surface area contributed by atoms with Gasteiger partial charge in [-0.1, -0.05) is 38.3 Å². The summed E-state index contributed by atoms with van der Waals surface area (Å²) < 4.78 is 5.23. The summed E-state index contributed by atoms with van der Waals surface area (Å²) in [5, 5.41) is 6.81. The second-order valence-corrected chi connectivity index (χ2v) is 6.58. The molecule has 2 N–H and O–H groups in total. The zero-order valence-corrected chi connectivity index (χ0v) is 14.2. The molecule has 3 unspecified atom stereocenters. The molecule has 0 spiro atoms. The Morgan fingerprint density at radius 3 is 2.86 bits per heavy atom. The molecule has 1 fully saturated rings. The van der Waals surface area contributed by atoms with Crippen LogP contribution < -0.4 is 15.4 Å². The average molecular weight is 325 g/mol. The molecule has 0 saturated heterocycles. The predicted molar refractivity (Wildman–Crippen MR) is 90.6 cm³/mol. The van der Waals surface area contributed by atoms with E-state index in [1.54, 1.807) is 25.3 Å². The summed E-state index contributed by atoms with van der Waals surface area (Å²) in [6.45, 7) is 4.85. The molecule has 0 heterocycles. The van der Waals surface area contributed by atoms with Crippen LogP contribution in [0.3, 0.4) is 0 Å². The van der Waals surface area contributed by atoms with Crippen molar-refractivity contribution in [2.45, 2.75) is 39.2 Å². The number of carbonyl (C=O) groups is 1. The number of hydrogen-bond acceptors (Lipinski definition) is 3. The smallest absolute Gasteiger partial charge is 0.238 e. The van der Waals surface area contributed by atoms with E-state index in [4.69, 9.17) is 16.3 Å². The van der Waals surface area contributed by atoms with E-state index in [-0.39, 0.29) is 5.91 Å². The number of ether oxygens (including phenoxy) is 1. The van der Waals surface area contributed by atoms with Gasteiger partial charge in [0.2, 0.25) is 5.91 Å². The first-order valence-electron chi connectivity index (χ1n) is 7.88. The quantitative estimate of drug-likeness (QED) is 0.868. The Kier molecular flexibility index (Phi) is 6.09. The van der Waals surface area contributed by atoms with E-state index in [1.165, 1.54) is 12.8 Å². The average Bonchev–Trinajstić information content (AvgIpc) is 2.49. The molecule has 122 valence electrons. The molecule has 1 aliphatic carbocycles. The van der Waals surface area contributed by atoms with Crippen LogP contribution in [0.5, 0.6) is 5.75 Å². The molecule has 1 aromatic rings. The summed E-state index contributed by atoms with van der Waals surface area (Å²) in [6, 6.07) is 5.59. The van der Waals surface area contributed by atoms with Crippen molar-refractivity contribution in [3.63, 3.8) is 0 Å². The van der Waals surface area contributed by atoms with E-state index in [1.807, 2.05) is 0 Å². The first-order chi connectivity index (χ1) is 10.5. The van der Waals surface area contributed by atoms with Crippen molar-refractivity contribution in [1.82, 2.24) is 5.32 Å². The van der Waals surface area contributed by atoms with Gasteiger partial charge in [0.25, 0.3) is 0 Å².